The van der Waals surface area contributed by atoms with Crippen molar-refractivity contribution in [3.05, 3.63) is 22.6 Å². The van der Waals surface area contributed by atoms with Gasteiger partial charge in [0.1, 0.15) is 11.3 Å². The van der Waals surface area contributed by atoms with Crippen LogP contribution in [0.4, 0.5) is 0 Å². The lowest BCUT2D eigenvalue weighted by Crippen LogP contribution is -2.50. The summed E-state index contributed by atoms with van der Waals surface area (Å²) >= 11 is 3.32. The van der Waals surface area contributed by atoms with Gasteiger partial charge in [0.2, 0.25) is 0 Å². The van der Waals surface area contributed by atoms with Crippen molar-refractivity contribution in [2.24, 2.45) is 10.7 Å². The Balaban J connectivity index is 2.39. The molecule has 0 radical (unpaired) electrons. The maximum absolute atomic E-state index is 5.92. The number of halogens is 1. The molecule has 16 heavy (non-hydrogen) atoms. The molecular weight excluding hydrogens is 270 g/mol. The van der Waals surface area contributed by atoms with Gasteiger partial charge >= 0.3 is 0 Å². The van der Waals surface area contributed by atoms with Crippen molar-refractivity contribution in [2.75, 3.05) is 6.54 Å². The summed E-state index contributed by atoms with van der Waals surface area (Å²) in [6.07, 6.45) is 0. The van der Waals surface area contributed by atoms with Crippen LogP contribution in [0.3, 0.4) is 0 Å². The van der Waals surface area contributed by atoms with Gasteiger partial charge in [0, 0.05) is 6.04 Å². The van der Waals surface area contributed by atoms with Crippen LogP contribution < -0.4 is 5.73 Å². The number of hydrogen-bond acceptors (Lipinski definition) is 4. The second kappa shape index (κ2) is 3.80. The molecule has 1 aromatic heterocycles. The van der Waals surface area contributed by atoms with Crippen molar-refractivity contribution in [2.45, 2.75) is 32.4 Å². The van der Waals surface area contributed by atoms with Crippen LogP contribution in [0.2, 0.25) is 0 Å². The fraction of sp³-hybridized carbons (Fsp3) is 0.545. The molecule has 1 atom stereocenters. The number of guanidine groups is 1. The maximum Gasteiger partial charge on any atom is 0.192 e. The summed E-state index contributed by atoms with van der Waals surface area (Å²) in [6.45, 7) is 6.94. The van der Waals surface area contributed by atoms with E-state index in [0.29, 0.717) is 18.5 Å². The molecule has 2 N–H and O–H groups in total. The maximum atomic E-state index is 5.92. The summed E-state index contributed by atoms with van der Waals surface area (Å²) in [5.74, 6) is 1.47. The highest BCUT2D eigenvalue weighted by Gasteiger charge is 2.43. The zero-order valence-corrected chi connectivity index (χ0v) is 11.3. The van der Waals surface area contributed by atoms with Crippen LogP contribution in [0, 0.1) is 0 Å². The SMILES string of the molecule is CC(C)N1C(N)=NCC1(C)c1ccc(Br)o1. The van der Waals surface area contributed by atoms with Crippen molar-refractivity contribution in [3.63, 3.8) is 0 Å². The zero-order valence-electron chi connectivity index (χ0n) is 9.70. The fourth-order valence-electron chi connectivity index (χ4n) is 2.27. The van der Waals surface area contributed by atoms with Crippen LogP contribution in [0.5, 0.6) is 0 Å². The fourth-order valence-corrected chi connectivity index (χ4v) is 2.58. The highest BCUT2D eigenvalue weighted by atomic mass is 79.9. The molecule has 0 saturated heterocycles. The summed E-state index contributed by atoms with van der Waals surface area (Å²) < 4.78 is 6.38. The predicted molar refractivity (Wildman–Crippen MR) is 67.2 cm³/mol. The molecule has 2 rings (SSSR count). The summed E-state index contributed by atoms with van der Waals surface area (Å²) in [5.41, 5.74) is 5.65. The van der Waals surface area contributed by atoms with Crippen molar-refractivity contribution in [3.8, 4) is 0 Å². The van der Waals surface area contributed by atoms with Crippen LogP contribution in [-0.4, -0.2) is 23.4 Å². The Kier molecular flexibility index (Phi) is 2.74. The largest absolute Gasteiger partial charge is 0.452 e. The Bertz CT molecular complexity index is 427. The van der Waals surface area contributed by atoms with Crippen molar-refractivity contribution in [1.82, 2.24) is 4.90 Å². The van der Waals surface area contributed by atoms with Crippen LogP contribution in [0.25, 0.3) is 0 Å². The van der Waals surface area contributed by atoms with Crippen molar-refractivity contribution in [1.29, 1.82) is 0 Å². The molecule has 0 spiro atoms. The second-order valence-corrected chi connectivity index (χ2v) is 5.30. The molecule has 0 aliphatic carbocycles. The van der Waals surface area contributed by atoms with Crippen molar-refractivity contribution < 1.29 is 4.42 Å². The molecule has 88 valence electrons. The zero-order chi connectivity index (χ0) is 11.9. The number of aliphatic imine (C=N–C) groups is 1. The number of nitrogens with two attached hydrogens (primary N) is 1. The predicted octanol–water partition coefficient (Wildman–Crippen LogP) is 2.30. The first-order valence-corrected chi connectivity index (χ1v) is 6.09. The third-order valence-corrected chi connectivity index (χ3v) is 3.37. The second-order valence-electron chi connectivity index (χ2n) is 4.52. The average Bonchev–Trinajstić information content (AvgIpc) is 2.72. The number of nitrogens with zero attached hydrogens (tertiary/aromatic N) is 2. The van der Waals surface area contributed by atoms with Gasteiger partial charge in [-0.05, 0) is 48.8 Å². The number of furan rings is 1. The van der Waals surface area contributed by atoms with E-state index < -0.39 is 0 Å². The molecule has 0 amide bonds. The summed E-state index contributed by atoms with van der Waals surface area (Å²) in [4.78, 5) is 6.42. The minimum absolute atomic E-state index is 0.274. The van der Waals surface area contributed by atoms with Gasteiger partial charge < -0.3 is 15.1 Å². The molecule has 1 unspecified atom stereocenters. The monoisotopic (exact) mass is 285 g/mol. The Hall–Kier alpha value is -0.970. The molecule has 5 heteroatoms. The lowest BCUT2D eigenvalue weighted by Gasteiger charge is -2.37. The first-order valence-electron chi connectivity index (χ1n) is 5.30. The first kappa shape index (κ1) is 11.5. The minimum Gasteiger partial charge on any atom is -0.452 e. The molecule has 1 aliphatic rings. The van der Waals surface area contributed by atoms with E-state index in [1.54, 1.807) is 0 Å². The topological polar surface area (TPSA) is 54.8 Å². The van der Waals surface area contributed by atoms with E-state index in [9.17, 15) is 0 Å². The third-order valence-electron chi connectivity index (χ3n) is 2.95. The van der Waals surface area contributed by atoms with E-state index >= 15 is 0 Å². The quantitative estimate of drug-likeness (QED) is 0.907. The molecule has 0 aromatic carbocycles. The van der Waals surface area contributed by atoms with Gasteiger partial charge in [0.05, 0.1) is 6.54 Å². The minimum atomic E-state index is -0.274. The van der Waals surface area contributed by atoms with Crippen LogP contribution in [-0.2, 0) is 5.54 Å². The third kappa shape index (κ3) is 1.63. The van der Waals surface area contributed by atoms with Gasteiger partial charge in [-0.25, -0.2) is 0 Å². The molecule has 1 aliphatic heterocycles. The lowest BCUT2D eigenvalue weighted by atomic mass is 9.96. The van der Waals surface area contributed by atoms with Gasteiger partial charge in [0.15, 0.2) is 10.6 Å². The van der Waals surface area contributed by atoms with Crippen LogP contribution in [0.15, 0.2) is 26.2 Å². The van der Waals surface area contributed by atoms with Crippen LogP contribution in [0.1, 0.15) is 26.5 Å². The normalized spacial score (nSPS) is 25.3. The average molecular weight is 286 g/mol. The molecule has 0 bridgehead atoms. The Morgan fingerprint density at radius 3 is 2.75 bits per heavy atom. The number of hydrogen-bond donors (Lipinski definition) is 1. The molecule has 2 heterocycles. The standard InChI is InChI=1S/C11H16BrN3O/c1-7(2)15-10(13)14-6-11(15,3)8-4-5-9(12)16-8/h4-5,7H,6H2,1-3H3,(H2,13,14). The van der Waals surface area contributed by atoms with Gasteiger partial charge in [-0.2, -0.15) is 0 Å². The molecule has 0 fully saturated rings. The van der Waals surface area contributed by atoms with Gasteiger partial charge in [-0.15, -0.1) is 0 Å². The smallest absolute Gasteiger partial charge is 0.192 e. The van der Waals surface area contributed by atoms with E-state index in [1.807, 2.05) is 12.1 Å². The Morgan fingerprint density at radius 1 is 1.56 bits per heavy atom. The molecule has 0 saturated carbocycles. The molecular formula is C11H16BrN3O. The summed E-state index contributed by atoms with van der Waals surface area (Å²) in [6, 6.07) is 4.15. The van der Waals surface area contributed by atoms with E-state index in [2.05, 4.69) is 46.6 Å². The van der Waals surface area contributed by atoms with Gasteiger partial charge in [-0.1, -0.05) is 0 Å². The highest BCUT2D eigenvalue weighted by molar-refractivity contribution is 9.10. The molecule has 4 nitrogen and oxygen atoms in total. The number of rotatable bonds is 2. The van der Waals surface area contributed by atoms with E-state index in [-0.39, 0.29) is 5.54 Å². The van der Waals surface area contributed by atoms with E-state index in [4.69, 9.17) is 10.2 Å². The van der Waals surface area contributed by atoms with Crippen LogP contribution >= 0.6 is 15.9 Å². The molecule has 1 aromatic rings. The van der Waals surface area contributed by atoms with Gasteiger partial charge in [0.25, 0.3) is 0 Å². The van der Waals surface area contributed by atoms with Crippen molar-refractivity contribution >= 4 is 21.9 Å². The Morgan fingerprint density at radius 2 is 2.25 bits per heavy atom. The summed E-state index contributed by atoms with van der Waals surface area (Å²) in [5, 5.41) is 0. The Labute approximate surface area is 104 Å². The first-order chi connectivity index (χ1) is 7.45. The highest BCUT2D eigenvalue weighted by Crippen LogP contribution is 2.36. The van der Waals surface area contributed by atoms with E-state index in [0.717, 1.165) is 10.4 Å². The van der Waals surface area contributed by atoms with Gasteiger partial charge in [-0.3, -0.25) is 4.99 Å². The lowest BCUT2D eigenvalue weighted by molar-refractivity contribution is 0.153. The summed E-state index contributed by atoms with van der Waals surface area (Å²) in [7, 11) is 0. The van der Waals surface area contributed by atoms with E-state index in [1.165, 1.54) is 0 Å².